The summed E-state index contributed by atoms with van der Waals surface area (Å²) in [5.41, 5.74) is 0. The number of hydrogen-bond donors (Lipinski definition) is 1. The van der Waals surface area contributed by atoms with Crippen LogP contribution in [-0.4, -0.2) is 66.5 Å². The lowest BCUT2D eigenvalue weighted by atomic mass is 10.2. The standard InChI is InChI=1S/C12H18N4O3S2/c1-8(2)16-7-13-14-12(16)21-6-10(17)15-3-4-20-5-9(15)11(18)19/h7-9H,3-6H2,1-2H3,(H,18,19). The van der Waals surface area contributed by atoms with Crippen molar-refractivity contribution in [3.8, 4) is 0 Å². The molecule has 1 atom stereocenters. The van der Waals surface area contributed by atoms with Gasteiger partial charge < -0.3 is 14.6 Å². The van der Waals surface area contributed by atoms with Crippen LogP contribution in [-0.2, 0) is 9.59 Å². The molecule has 2 rings (SSSR count). The van der Waals surface area contributed by atoms with Crippen LogP contribution < -0.4 is 0 Å². The molecule has 1 saturated heterocycles. The third-order valence-electron chi connectivity index (χ3n) is 3.16. The smallest absolute Gasteiger partial charge is 0.327 e. The minimum absolute atomic E-state index is 0.161. The number of aliphatic carboxylic acids is 1. The number of carboxylic acids is 1. The van der Waals surface area contributed by atoms with Crippen molar-refractivity contribution in [3.63, 3.8) is 0 Å². The Balaban J connectivity index is 1.97. The topological polar surface area (TPSA) is 88.3 Å². The van der Waals surface area contributed by atoms with E-state index in [9.17, 15) is 14.7 Å². The fourth-order valence-corrected chi connectivity index (χ4v) is 3.97. The van der Waals surface area contributed by atoms with E-state index in [-0.39, 0.29) is 17.7 Å². The van der Waals surface area contributed by atoms with Crippen LogP contribution in [0.3, 0.4) is 0 Å². The first-order chi connectivity index (χ1) is 10.0. The fraction of sp³-hybridized carbons (Fsp3) is 0.667. The van der Waals surface area contributed by atoms with Crippen molar-refractivity contribution in [2.45, 2.75) is 31.1 Å². The summed E-state index contributed by atoms with van der Waals surface area (Å²) in [4.78, 5) is 24.9. The molecule has 7 nitrogen and oxygen atoms in total. The molecule has 21 heavy (non-hydrogen) atoms. The number of amides is 1. The van der Waals surface area contributed by atoms with Crippen molar-refractivity contribution in [3.05, 3.63) is 6.33 Å². The summed E-state index contributed by atoms with van der Waals surface area (Å²) in [6.45, 7) is 4.51. The Morgan fingerprint density at radius 2 is 2.33 bits per heavy atom. The number of carbonyl (C=O) groups is 2. The zero-order chi connectivity index (χ0) is 15.4. The highest BCUT2D eigenvalue weighted by molar-refractivity contribution is 8.00. The van der Waals surface area contributed by atoms with E-state index >= 15 is 0 Å². The van der Waals surface area contributed by atoms with E-state index in [0.29, 0.717) is 17.5 Å². The van der Waals surface area contributed by atoms with Gasteiger partial charge in [-0.2, -0.15) is 11.8 Å². The first-order valence-electron chi connectivity index (χ1n) is 6.63. The molecule has 0 aliphatic carbocycles. The number of carboxylic acid groups (broad SMARTS) is 1. The molecule has 2 heterocycles. The molecule has 1 N–H and O–H groups in total. The number of hydrogen-bond acceptors (Lipinski definition) is 6. The Morgan fingerprint density at radius 3 is 3.00 bits per heavy atom. The van der Waals surface area contributed by atoms with Gasteiger partial charge in [-0.25, -0.2) is 4.79 Å². The van der Waals surface area contributed by atoms with E-state index in [1.165, 1.54) is 16.7 Å². The molecular formula is C12H18N4O3S2. The van der Waals surface area contributed by atoms with Gasteiger partial charge in [-0.3, -0.25) is 4.79 Å². The first-order valence-corrected chi connectivity index (χ1v) is 8.77. The molecule has 0 radical (unpaired) electrons. The number of thioether (sulfide) groups is 2. The van der Waals surface area contributed by atoms with Gasteiger partial charge in [-0.05, 0) is 13.8 Å². The maximum absolute atomic E-state index is 12.3. The third-order valence-corrected chi connectivity index (χ3v) is 5.12. The van der Waals surface area contributed by atoms with Crippen molar-refractivity contribution in [1.82, 2.24) is 19.7 Å². The van der Waals surface area contributed by atoms with Gasteiger partial charge in [-0.15, -0.1) is 10.2 Å². The largest absolute Gasteiger partial charge is 0.480 e. The molecule has 0 aromatic carbocycles. The van der Waals surface area contributed by atoms with E-state index < -0.39 is 12.0 Å². The average molecular weight is 330 g/mol. The minimum Gasteiger partial charge on any atom is -0.480 e. The second-order valence-electron chi connectivity index (χ2n) is 4.92. The summed E-state index contributed by atoms with van der Waals surface area (Å²) in [6, 6.07) is -0.504. The SMILES string of the molecule is CC(C)n1cnnc1SCC(=O)N1CCSCC1C(=O)O. The Morgan fingerprint density at radius 1 is 1.57 bits per heavy atom. The lowest BCUT2D eigenvalue weighted by Crippen LogP contribution is -2.50. The average Bonchev–Trinajstić information content (AvgIpc) is 2.93. The zero-order valence-electron chi connectivity index (χ0n) is 11.9. The van der Waals surface area contributed by atoms with Gasteiger partial charge in [0.15, 0.2) is 5.16 Å². The van der Waals surface area contributed by atoms with Crippen molar-refractivity contribution < 1.29 is 14.7 Å². The lowest BCUT2D eigenvalue weighted by molar-refractivity contribution is -0.148. The zero-order valence-corrected chi connectivity index (χ0v) is 13.6. The van der Waals surface area contributed by atoms with E-state index in [1.807, 2.05) is 18.4 Å². The molecule has 1 amide bonds. The second-order valence-corrected chi connectivity index (χ2v) is 7.01. The maximum atomic E-state index is 12.3. The molecule has 0 saturated carbocycles. The molecule has 0 bridgehead atoms. The van der Waals surface area contributed by atoms with E-state index in [2.05, 4.69) is 10.2 Å². The van der Waals surface area contributed by atoms with E-state index in [0.717, 1.165) is 5.75 Å². The Labute approximate surface area is 131 Å². The molecule has 116 valence electrons. The molecule has 1 aliphatic heterocycles. The van der Waals surface area contributed by atoms with Crippen molar-refractivity contribution in [1.29, 1.82) is 0 Å². The summed E-state index contributed by atoms with van der Waals surface area (Å²) in [7, 11) is 0. The molecule has 0 spiro atoms. The van der Waals surface area contributed by atoms with Crippen LogP contribution in [0.1, 0.15) is 19.9 Å². The third kappa shape index (κ3) is 3.91. The Hall–Kier alpha value is -1.22. The van der Waals surface area contributed by atoms with Crippen LogP contribution in [0.25, 0.3) is 0 Å². The molecule has 9 heteroatoms. The van der Waals surface area contributed by atoms with Crippen LogP contribution >= 0.6 is 23.5 Å². The first kappa shape index (κ1) is 16.2. The van der Waals surface area contributed by atoms with E-state index in [1.54, 1.807) is 18.1 Å². The van der Waals surface area contributed by atoms with Gasteiger partial charge in [0.25, 0.3) is 0 Å². The van der Waals surface area contributed by atoms with Crippen LogP contribution in [0.5, 0.6) is 0 Å². The van der Waals surface area contributed by atoms with Gasteiger partial charge in [-0.1, -0.05) is 11.8 Å². The van der Waals surface area contributed by atoms with Gasteiger partial charge in [0.1, 0.15) is 12.4 Å². The Kier molecular flexibility index (Phi) is 5.51. The summed E-state index contributed by atoms with van der Waals surface area (Å²) >= 11 is 2.86. The summed E-state index contributed by atoms with van der Waals surface area (Å²) in [5.74, 6) is 0.313. The van der Waals surface area contributed by atoms with E-state index in [4.69, 9.17) is 0 Å². The summed E-state index contributed by atoms with van der Waals surface area (Å²) < 4.78 is 1.89. The highest BCUT2D eigenvalue weighted by Gasteiger charge is 2.32. The predicted molar refractivity (Wildman–Crippen MR) is 81.6 cm³/mol. The van der Waals surface area contributed by atoms with Gasteiger partial charge in [0, 0.05) is 24.1 Å². The van der Waals surface area contributed by atoms with Crippen LogP contribution in [0, 0.1) is 0 Å². The molecule has 1 fully saturated rings. The number of nitrogens with zero attached hydrogens (tertiary/aromatic N) is 4. The number of rotatable bonds is 5. The molecule has 1 aromatic heterocycles. The quantitative estimate of drug-likeness (QED) is 0.805. The van der Waals surface area contributed by atoms with Crippen molar-refractivity contribution in [2.75, 3.05) is 23.8 Å². The maximum Gasteiger partial charge on any atom is 0.327 e. The summed E-state index contributed by atoms with van der Waals surface area (Å²) in [6.07, 6.45) is 1.63. The fourth-order valence-electron chi connectivity index (χ4n) is 2.01. The van der Waals surface area contributed by atoms with Gasteiger partial charge >= 0.3 is 5.97 Å². The van der Waals surface area contributed by atoms with Crippen LogP contribution in [0.15, 0.2) is 11.5 Å². The van der Waals surface area contributed by atoms with Crippen LogP contribution in [0.4, 0.5) is 0 Å². The summed E-state index contributed by atoms with van der Waals surface area (Å²) in [5, 5.41) is 17.7. The molecular weight excluding hydrogens is 312 g/mol. The highest BCUT2D eigenvalue weighted by atomic mass is 32.2. The van der Waals surface area contributed by atoms with Crippen molar-refractivity contribution in [2.24, 2.45) is 0 Å². The normalized spacial score (nSPS) is 19.0. The van der Waals surface area contributed by atoms with Gasteiger partial charge in [0.2, 0.25) is 5.91 Å². The van der Waals surface area contributed by atoms with Crippen molar-refractivity contribution >= 4 is 35.4 Å². The molecule has 1 aliphatic rings. The lowest BCUT2D eigenvalue weighted by Gasteiger charge is -2.32. The molecule has 1 aromatic rings. The number of aromatic nitrogens is 3. The number of carbonyl (C=O) groups excluding carboxylic acids is 1. The monoisotopic (exact) mass is 330 g/mol. The highest BCUT2D eigenvalue weighted by Crippen LogP contribution is 2.22. The second kappa shape index (κ2) is 7.17. The van der Waals surface area contributed by atoms with Gasteiger partial charge in [0.05, 0.1) is 5.75 Å². The molecule has 1 unspecified atom stereocenters. The minimum atomic E-state index is -0.939. The van der Waals surface area contributed by atoms with Crippen LogP contribution in [0.2, 0.25) is 0 Å². The predicted octanol–water partition coefficient (Wildman–Crippen LogP) is 0.980. The Bertz CT molecular complexity index is 520.